The van der Waals surface area contributed by atoms with Crippen molar-refractivity contribution in [3.63, 3.8) is 0 Å². The molecular formula is C21H29N7O2. The average molecular weight is 412 g/mol. The van der Waals surface area contributed by atoms with Crippen LogP contribution >= 0.6 is 0 Å². The molecule has 1 aliphatic heterocycles. The Morgan fingerprint density at radius 3 is 2.80 bits per heavy atom. The van der Waals surface area contributed by atoms with Crippen molar-refractivity contribution in [2.45, 2.75) is 58.2 Å². The van der Waals surface area contributed by atoms with E-state index in [1.165, 1.54) is 6.42 Å². The molecule has 1 saturated heterocycles. The largest absolute Gasteiger partial charge is 0.396 e. The molecule has 30 heavy (non-hydrogen) atoms. The molecule has 9 nitrogen and oxygen atoms in total. The molecule has 0 aliphatic carbocycles. The highest BCUT2D eigenvalue weighted by molar-refractivity contribution is 5.79. The highest BCUT2D eigenvalue weighted by atomic mass is 16.3. The molecule has 0 spiro atoms. The van der Waals surface area contributed by atoms with Crippen molar-refractivity contribution in [3.05, 3.63) is 30.4 Å². The molecule has 0 amide bonds. The van der Waals surface area contributed by atoms with Gasteiger partial charge in [0.15, 0.2) is 0 Å². The zero-order valence-corrected chi connectivity index (χ0v) is 17.5. The van der Waals surface area contributed by atoms with Crippen LogP contribution in [0, 0.1) is 0 Å². The van der Waals surface area contributed by atoms with E-state index < -0.39 is 0 Å². The van der Waals surface area contributed by atoms with Gasteiger partial charge in [-0.1, -0.05) is 0 Å². The van der Waals surface area contributed by atoms with Crippen LogP contribution in [-0.4, -0.2) is 53.9 Å². The number of hydrogen-bond acceptors (Lipinski definition) is 8. The molecule has 3 aromatic heterocycles. The number of aromatic nitrogens is 5. The first-order chi connectivity index (χ1) is 14.6. The zero-order valence-electron chi connectivity index (χ0n) is 17.5. The summed E-state index contributed by atoms with van der Waals surface area (Å²) in [6, 6.07) is 4.18. The van der Waals surface area contributed by atoms with Crippen molar-refractivity contribution < 1.29 is 10.2 Å². The summed E-state index contributed by atoms with van der Waals surface area (Å²) in [6.45, 7) is 5.08. The van der Waals surface area contributed by atoms with Crippen molar-refractivity contribution >= 4 is 28.6 Å². The second-order valence-electron chi connectivity index (χ2n) is 7.93. The van der Waals surface area contributed by atoms with E-state index >= 15 is 0 Å². The van der Waals surface area contributed by atoms with Gasteiger partial charge < -0.3 is 25.0 Å². The van der Waals surface area contributed by atoms with Crippen LogP contribution in [0.25, 0.3) is 11.0 Å². The van der Waals surface area contributed by atoms with Gasteiger partial charge >= 0.3 is 0 Å². The summed E-state index contributed by atoms with van der Waals surface area (Å²) in [4.78, 5) is 20.3. The molecular weight excluding hydrogens is 382 g/mol. The molecule has 9 heteroatoms. The fourth-order valence-corrected chi connectivity index (χ4v) is 4.21. The van der Waals surface area contributed by atoms with Gasteiger partial charge in [0.2, 0.25) is 5.95 Å². The number of piperidine rings is 1. The van der Waals surface area contributed by atoms with E-state index in [4.69, 9.17) is 4.98 Å². The third-order valence-electron chi connectivity index (χ3n) is 5.55. The fraction of sp³-hybridized carbons (Fsp3) is 0.524. The highest BCUT2D eigenvalue weighted by Gasteiger charge is 2.24. The minimum atomic E-state index is -0.115. The molecule has 0 bridgehead atoms. The predicted octanol–water partition coefficient (Wildman–Crippen LogP) is 2.78. The lowest BCUT2D eigenvalue weighted by atomic mass is 10.0. The minimum absolute atomic E-state index is 0.115. The maximum absolute atomic E-state index is 9.63. The first-order valence-electron chi connectivity index (χ1n) is 10.6. The van der Waals surface area contributed by atoms with E-state index in [9.17, 15) is 10.2 Å². The van der Waals surface area contributed by atoms with E-state index in [-0.39, 0.29) is 25.3 Å². The van der Waals surface area contributed by atoms with Crippen LogP contribution in [0.3, 0.4) is 0 Å². The summed E-state index contributed by atoms with van der Waals surface area (Å²) in [6.07, 6.45) is 7.50. The lowest BCUT2D eigenvalue weighted by molar-refractivity contribution is 0.261. The number of imidazole rings is 1. The molecule has 0 radical (unpaired) electrons. The Balaban J connectivity index is 1.61. The molecule has 160 valence electrons. The topological polar surface area (TPSA) is 112 Å². The van der Waals surface area contributed by atoms with Gasteiger partial charge in [0.1, 0.15) is 29.6 Å². The van der Waals surface area contributed by atoms with Crippen molar-refractivity contribution in [2.24, 2.45) is 0 Å². The van der Waals surface area contributed by atoms with Crippen LogP contribution in [0.2, 0.25) is 0 Å². The normalized spacial score (nSPS) is 17.1. The third-order valence-corrected chi connectivity index (χ3v) is 5.55. The molecule has 4 heterocycles. The van der Waals surface area contributed by atoms with Crippen molar-refractivity contribution in [1.29, 1.82) is 0 Å². The molecule has 1 fully saturated rings. The number of anilines is 3. The van der Waals surface area contributed by atoms with E-state index in [2.05, 4.69) is 39.0 Å². The van der Waals surface area contributed by atoms with Crippen LogP contribution < -0.4 is 10.2 Å². The van der Waals surface area contributed by atoms with Gasteiger partial charge in [0.25, 0.3) is 0 Å². The van der Waals surface area contributed by atoms with Crippen molar-refractivity contribution in [2.75, 3.05) is 23.4 Å². The van der Waals surface area contributed by atoms with Crippen LogP contribution in [-0.2, 0) is 6.61 Å². The Kier molecular flexibility index (Phi) is 6.10. The maximum atomic E-state index is 9.63. The van der Waals surface area contributed by atoms with Crippen molar-refractivity contribution in [3.8, 4) is 0 Å². The number of pyridine rings is 1. The van der Waals surface area contributed by atoms with E-state index in [1.807, 2.05) is 16.7 Å². The Bertz CT molecular complexity index is 1000. The molecule has 1 unspecified atom stereocenters. The van der Waals surface area contributed by atoms with Crippen molar-refractivity contribution in [1.82, 2.24) is 24.5 Å². The van der Waals surface area contributed by atoms with E-state index in [0.29, 0.717) is 23.4 Å². The maximum Gasteiger partial charge on any atom is 0.227 e. The Morgan fingerprint density at radius 2 is 2.03 bits per heavy atom. The second-order valence-corrected chi connectivity index (χ2v) is 7.93. The Hall–Kier alpha value is -2.78. The number of nitrogens with one attached hydrogen (secondary N) is 1. The lowest BCUT2D eigenvalue weighted by Gasteiger charge is -2.35. The fourth-order valence-electron chi connectivity index (χ4n) is 4.21. The zero-order chi connectivity index (χ0) is 21.1. The standard InChI is InChI=1S/C21H29N7O2/c1-14(2)28-17-11-19(23-12-16(17)24-20(28)13-30)25-18-6-8-22-21(26-18)27-9-4-3-5-15(27)7-10-29/h6,8,11-12,14-15,29-30H,3-5,7,9-10,13H2,1-2H3,(H,22,23,25,26). The van der Waals surface area contributed by atoms with Gasteiger partial charge in [0, 0.05) is 37.5 Å². The van der Waals surface area contributed by atoms with Gasteiger partial charge in [-0.25, -0.2) is 15.0 Å². The molecule has 3 aromatic rings. The smallest absolute Gasteiger partial charge is 0.227 e. The highest BCUT2D eigenvalue weighted by Crippen LogP contribution is 2.26. The van der Waals surface area contributed by atoms with Gasteiger partial charge in [-0.05, 0) is 45.6 Å². The number of nitrogens with zero attached hydrogens (tertiary/aromatic N) is 6. The Labute approximate surface area is 175 Å². The summed E-state index contributed by atoms with van der Waals surface area (Å²) in [5.74, 6) is 2.62. The summed E-state index contributed by atoms with van der Waals surface area (Å²) < 4.78 is 2.01. The third kappa shape index (κ3) is 4.08. The molecule has 0 aromatic carbocycles. The first kappa shape index (κ1) is 20.5. The number of fused-ring (bicyclic) bond motifs is 1. The molecule has 3 N–H and O–H groups in total. The van der Waals surface area contributed by atoms with Gasteiger partial charge in [-0.15, -0.1) is 0 Å². The van der Waals surface area contributed by atoms with Crippen LogP contribution in [0.1, 0.15) is 51.4 Å². The monoisotopic (exact) mass is 411 g/mol. The number of rotatable bonds is 7. The van der Waals surface area contributed by atoms with Gasteiger partial charge in [-0.2, -0.15) is 4.98 Å². The second kappa shape index (κ2) is 8.93. The van der Waals surface area contributed by atoms with Crippen LogP contribution in [0.15, 0.2) is 24.5 Å². The molecule has 1 atom stereocenters. The van der Waals surface area contributed by atoms with E-state index in [0.717, 1.165) is 36.8 Å². The Morgan fingerprint density at radius 1 is 1.17 bits per heavy atom. The average Bonchev–Trinajstić information content (AvgIpc) is 3.13. The number of aliphatic hydroxyl groups is 2. The summed E-state index contributed by atoms with van der Waals surface area (Å²) in [5.41, 5.74) is 1.67. The van der Waals surface area contributed by atoms with Gasteiger partial charge in [-0.3, -0.25) is 0 Å². The molecule has 4 rings (SSSR count). The van der Waals surface area contributed by atoms with Gasteiger partial charge in [0.05, 0.1) is 11.7 Å². The van der Waals surface area contributed by atoms with Crippen LogP contribution in [0.5, 0.6) is 0 Å². The summed E-state index contributed by atoms with van der Waals surface area (Å²) in [5, 5.41) is 22.3. The van der Waals surface area contributed by atoms with E-state index in [1.54, 1.807) is 12.4 Å². The lowest BCUT2D eigenvalue weighted by Crippen LogP contribution is -2.41. The predicted molar refractivity (Wildman–Crippen MR) is 116 cm³/mol. The SMILES string of the molecule is CC(C)n1c(CO)nc2cnc(Nc3ccnc(N4CCCCC4CCO)n3)cc21. The quantitative estimate of drug-likeness (QED) is 0.544. The molecule has 0 saturated carbocycles. The summed E-state index contributed by atoms with van der Waals surface area (Å²) >= 11 is 0. The number of aliphatic hydroxyl groups excluding tert-OH is 2. The van der Waals surface area contributed by atoms with Crippen LogP contribution in [0.4, 0.5) is 17.6 Å². The summed E-state index contributed by atoms with van der Waals surface area (Å²) in [7, 11) is 0. The minimum Gasteiger partial charge on any atom is -0.396 e. The number of hydrogen-bond donors (Lipinski definition) is 3. The first-order valence-corrected chi connectivity index (χ1v) is 10.6. The molecule has 1 aliphatic rings.